The first-order chi connectivity index (χ1) is 9.50. The summed E-state index contributed by atoms with van der Waals surface area (Å²) in [6.45, 7) is 1.55. The third-order valence-electron chi connectivity index (χ3n) is 3.83. The van der Waals surface area contributed by atoms with Gasteiger partial charge in [0, 0.05) is 11.6 Å². The number of nitrogens with two attached hydrogens (primary N) is 1. The molecule has 0 unspecified atom stereocenters. The van der Waals surface area contributed by atoms with Crippen LogP contribution in [0.3, 0.4) is 0 Å². The highest BCUT2D eigenvalue weighted by atomic mass is 19.1. The van der Waals surface area contributed by atoms with Gasteiger partial charge in [-0.25, -0.2) is 8.78 Å². The average Bonchev–Trinajstić information content (AvgIpc) is 2.91. The molecule has 0 spiro atoms. The van der Waals surface area contributed by atoms with Gasteiger partial charge in [-0.15, -0.1) is 0 Å². The van der Waals surface area contributed by atoms with Crippen molar-refractivity contribution < 1.29 is 13.6 Å². The number of nitrogens with zero attached hydrogens (tertiary/aromatic N) is 1. The second kappa shape index (κ2) is 6.31. The number of hydrogen-bond donors (Lipinski definition) is 1. The van der Waals surface area contributed by atoms with Crippen LogP contribution in [-0.4, -0.2) is 22.9 Å². The molecule has 0 aromatic heterocycles. The third kappa shape index (κ3) is 3.15. The summed E-state index contributed by atoms with van der Waals surface area (Å²) in [5, 5.41) is 0. The molecular weight excluding hydrogens is 262 g/mol. The highest BCUT2D eigenvalue weighted by molar-refractivity contribution is 5.81. The molecule has 3 nitrogen and oxygen atoms in total. The van der Waals surface area contributed by atoms with Gasteiger partial charge >= 0.3 is 0 Å². The Bertz CT molecular complexity index is 465. The summed E-state index contributed by atoms with van der Waals surface area (Å²) >= 11 is 0. The Morgan fingerprint density at radius 3 is 2.40 bits per heavy atom. The molecule has 1 amide bonds. The van der Waals surface area contributed by atoms with Gasteiger partial charge in [-0.3, -0.25) is 4.79 Å². The topological polar surface area (TPSA) is 46.3 Å². The molecule has 1 aliphatic carbocycles. The van der Waals surface area contributed by atoms with E-state index in [4.69, 9.17) is 5.73 Å². The molecule has 2 N–H and O–H groups in total. The number of rotatable bonds is 4. The molecule has 20 heavy (non-hydrogen) atoms. The lowest BCUT2D eigenvalue weighted by Gasteiger charge is -2.30. The van der Waals surface area contributed by atoms with Crippen LogP contribution >= 0.6 is 0 Å². The summed E-state index contributed by atoms with van der Waals surface area (Å²) in [5.74, 6) is -1.49. The SMILES string of the molecule is C[C@H](N)C(=O)N(Cc1c(F)cccc1F)C1CCCC1. The number of carbonyl (C=O) groups is 1. The molecule has 1 aromatic carbocycles. The summed E-state index contributed by atoms with van der Waals surface area (Å²) in [7, 11) is 0. The number of hydrogen-bond acceptors (Lipinski definition) is 2. The zero-order chi connectivity index (χ0) is 14.7. The molecule has 110 valence electrons. The summed E-state index contributed by atoms with van der Waals surface area (Å²) in [5.41, 5.74) is 5.59. The van der Waals surface area contributed by atoms with Crippen molar-refractivity contribution in [1.82, 2.24) is 4.90 Å². The Balaban J connectivity index is 2.25. The summed E-state index contributed by atoms with van der Waals surface area (Å²) in [4.78, 5) is 13.8. The number of benzene rings is 1. The van der Waals surface area contributed by atoms with Gasteiger partial charge < -0.3 is 10.6 Å². The van der Waals surface area contributed by atoms with Crippen LogP contribution in [0.4, 0.5) is 8.78 Å². The Morgan fingerprint density at radius 2 is 1.90 bits per heavy atom. The van der Waals surface area contributed by atoms with Crippen LogP contribution in [0.25, 0.3) is 0 Å². The monoisotopic (exact) mass is 282 g/mol. The normalized spacial score (nSPS) is 17.2. The molecule has 1 atom stereocenters. The van der Waals surface area contributed by atoms with Crippen molar-refractivity contribution in [2.24, 2.45) is 5.73 Å². The molecule has 0 saturated heterocycles. The van der Waals surface area contributed by atoms with Crippen molar-refractivity contribution >= 4 is 5.91 Å². The number of amides is 1. The first-order valence-corrected chi connectivity index (χ1v) is 6.99. The molecule has 0 radical (unpaired) electrons. The van der Waals surface area contributed by atoms with E-state index >= 15 is 0 Å². The van der Waals surface area contributed by atoms with Gasteiger partial charge in [-0.05, 0) is 31.9 Å². The van der Waals surface area contributed by atoms with Crippen molar-refractivity contribution in [2.45, 2.75) is 51.2 Å². The zero-order valence-electron chi connectivity index (χ0n) is 11.6. The fraction of sp³-hybridized carbons (Fsp3) is 0.533. The van der Waals surface area contributed by atoms with Crippen LogP contribution in [0.15, 0.2) is 18.2 Å². The second-order valence-electron chi connectivity index (χ2n) is 5.39. The maximum absolute atomic E-state index is 13.8. The van der Waals surface area contributed by atoms with Crippen LogP contribution in [0.1, 0.15) is 38.2 Å². The van der Waals surface area contributed by atoms with Crippen molar-refractivity contribution in [3.8, 4) is 0 Å². The smallest absolute Gasteiger partial charge is 0.239 e. The first kappa shape index (κ1) is 14.9. The van der Waals surface area contributed by atoms with Crippen LogP contribution in [0, 0.1) is 11.6 Å². The van der Waals surface area contributed by atoms with Crippen LogP contribution in [-0.2, 0) is 11.3 Å². The predicted octanol–water partition coefficient (Wildman–Crippen LogP) is 2.58. The van der Waals surface area contributed by atoms with Gasteiger partial charge in [0.05, 0.1) is 12.6 Å². The standard InChI is InChI=1S/C15H20F2N2O/c1-10(18)15(20)19(11-5-2-3-6-11)9-12-13(16)7-4-8-14(12)17/h4,7-8,10-11H,2-3,5-6,9,18H2,1H3/t10-/m0/s1. The lowest BCUT2D eigenvalue weighted by atomic mass is 10.1. The molecule has 0 aliphatic heterocycles. The fourth-order valence-electron chi connectivity index (χ4n) is 2.72. The molecular formula is C15H20F2N2O. The summed E-state index contributed by atoms with van der Waals surface area (Å²) in [6.07, 6.45) is 3.81. The quantitative estimate of drug-likeness (QED) is 0.922. The fourth-order valence-corrected chi connectivity index (χ4v) is 2.72. The molecule has 1 saturated carbocycles. The van der Waals surface area contributed by atoms with Gasteiger partial charge in [0.25, 0.3) is 0 Å². The van der Waals surface area contributed by atoms with Crippen molar-refractivity contribution in [1.29, 1.82) is 0 Å². The van der Waals surface area contributed by atoms with Crippen LogP contribution in [0.2, 0.25) is 0 Å². The predicted molar refractivity (Wildman–Crippen MR) is 72.8 cm³/mol. The average molecular weight is 282 g/mol. The van der Waals surface area contributed by atoms with Crippen LogP contribution in [0.5, 0.6) is 0 Å². The lowest BCUT2D eigenvalue weighted by Crippen LogP contribution is -2.46. The summed E-state index contributed by atoms with van der Waals surface area (Å²) < 4.78 is 27.5. The van der Waals surface area contributed by atoms with Crippen molar-refractivity contribution in [2.75, 3.05) is 0 Å². The molecule has 0 bridgehead atoms. The highest BCUT2D eigenvalue weighted by Gasteiger charge is 2.29. The number of carbonyl (C=O) groups excluding carboxylic acids is 1. The molecule has 1 aliphatic rings. The maximum Gasteiger partial charge on any atom is 0.239 e. The third-order valence-corrected chi connectivity index (χ3v) is 3.83. The van der Waals surface area contributed by atoms with E-state index in [1.165, 1.54) is 18.2 Å². The van der Waals surface area contributed by atoms with Crippen molar-refractivity contribution in [3.63, 3.8) is 0 Å². The maximum atomic E-state index is 13.8. The van der Waals surface area contributed by atoms with Crippen molar-refractivity contribution in [3.05, 3.63) is 35.4 Å². The molecule has 1 aromatic rings. The van der Waals surface area contributed by atoms with E-state index in [2.05, 4.69) is 0 Å². The molecule has 5 heteroatoms. The van der Waals surface area contributed by atoms with E-state index < -0.39 is 17.7 Å². The van der Waals surface area contributed by atoms with E-state index in [1.807, 2.05) is 0 Å². The summed E-state index contributed by atoms with van der Waals surface area (Å²) in [6, 6.07) is 3.11. The Labute approximate surface area is 117 Å². The molecule has 1 fully saturated rings. The largest absolute Gasteiger partial charge is 0.334 e. The Morgan fingerprint density at radius 1 is 1.35 bits per heavy atom. The Hall–Kier alpha value is -1.49. The van der Waals surface area contributed by atoms with Gasteiger partial charge in [0.1, 0.15) is 11.6 Å². The van der Waals surface area contributed by atoms with E-state index in [-0.39, 0.29) is 24.1 Å². The second-order valence-corrected chi connectivity index (χ2v) is 5.39. The molecule has 0 heterocycles. The van der Waals surface area contributed by atoms with Crippen LogP contribution < -0.4 is 5.73 Å². The zero-order valence-corrected chi connectivity index (χ0v) is 11.6. The minimum atomic E-state index is -0.662. The Kier molecular flexibility index (Phi) is 4.70. The van der Waals surface area contributed by atoms with Gasteiger partial charge in [-0.2, -0.15) is 0 Å². The minimum absolute atomic E-state index is 0.0347. The number of halogens is 2. The van der Waals surface area contributed by atoms with Gasteiger partial charge in [0.2, 0.25) is 5.91 Å². The minimum Gasteiger partial charge on any atom is -0.334 e. The van der Waals surface area contributed by atoms with E-state index in [1.54, 1.807) is 11.8 Å². The van der Waals surface area contributed by atoms with E-state index in [0.717, 1.165) is 25.7 Å². The highest BCUT2D eigenvalue weighted by Crippen LogP contribution is 2.26. The van der Waals surface area contributed by atoms with E-state index in [9.17, 15) is 13.6 Å². The lowest BCUT2D eigenvalue weighted by molar-refractivity contribution is -0.135. The first-order valence-electron chi connectivity index (χ1n) is 6.99. The van der Waals surface area contributed by atoms with E-state index in [0.29, 0.717) is 0 Å². The van der Waals surface area contributed by atoms with Gasteiger partial charge in [-0.1, -0.05) is 18.9 Å². The van der Waals surface area contributed by atoms with Gasteiger partial charge in [0.15, 0.2) is 0 Å². The molecule has 2 rings (SSSR count).